The summed E-state index contributed by atoms with van der Waals surface area (Å²) < 4.78 is 35.0. The summed E-state index contributed by atoms with van der Waals surface area (Å²) in [5.74, 6) is 0. The van der Waals surface area contributed by atoms with Crippen LogP contribution < -0.4 is 0 Å². The van der Waals surface area contributed by atoms with Crippen molar-refractivity contribution in [3.8, 4) is 0 Å². The molecule has 0 N–H and O–H groups in total. The fraction of sp³-hybridized carbons (Fsp3) is 0. The quantitative estimate of drug-likeness (QED) is 0.403. The first-order valence-electron chi connectivity index (χ1n) is 3.75. The Labute approximate surface area is 38.8 Å². The molecule has 0 spiro atoms. The van der Waals surface area contributed by atoms with Crippen LogP contribution in [0.4, 0.5) is 0 Å². The van der Waals surface area contributed by atoms with Crippen molar-refractivity contribution in [3.05, 3.63) is 30.6 Å². The van der Waals surface area contributed by atoms with Gasteiger partial charge in [0.15, 0.2) is 0 Å². The molecule has 0 heteroatoms. The summed E-state index contributed by atoms with van der Waals surface area (Å²) >= 11 is 0. The number of hydrogen-bond donors (Lipinski definition) is 0. The van der Waals surface area contributed by atoms with E-state index in [0.29, 0.717) is 0 Å². The van der Waals surface area contributed by atoms with Gasteiger partial charge in [-0.1, -0.05) is 24.2 Å². The van der Waals surface area contributed by atoms with Crippen molar-refractivity contribution >= 4 is 0 Å². The summed E-state index contributed by atoms with van der Waals surface area (Å²) in [5.41, 5.74) is 0. The van der Waals surface area contributed by atoms with Crippen LogP contribution in [0.5, 0.6) is 0 Å². The maximum atomic E-state index is 6.99. The molecule has 0 aromatic carbocycles. The summed E-state index contributed by atoms with van der Waals surface area (Å²) in [6.45, 7) is 0. The molecule has 25 valence electrons. The summed E-state index contributed by atoms with van der Waals surface area (Å²) in [5, 5.41) is 0. The molecule has 0 unspecified atom stereocenters. The molecule has 0 aromatic heterocycles. The zero-order valence-corrected chi connectivity index (χ0v) is 2.50. The van der Waals surface area contributed by atoms with Crippen molar-refractivity contribution in [3.63, 3.8) is 0 Å². The highest BCUT2D eigenvalue weighted by atomic mass is 13.8. The van der Waals surface area contributed by atoms with Crippen molar-refractivity contribution < 1.29 is 6.85 Å². The molecule has 0 bridgehead atoms. The molecular formula is C5H5. The Morgan fingerprint density at radius 1 is 1.00 bits per heavy atom. The van der Waals surface area contributed by atoms with Crippen LogP contribution in [-0.4, -0.2) is 0 Å². The van der Waals surface area contributed by atoms with Crippen molar-refractivity contribution in [2.24, 2.45) is 0 Å². The van der Waals surface area contributed by atoms with Gasteiger partial charge in [0.2, 0.25) is 0 Å². The molecular weight excluding hydrogens is 60.1 g/mol. The molecule has 1 aliphatic rings. The van der Waals surface area contributed by atoms with E-state index in [9.17, 15) is 0 Å². The van der Waals surface area contributed by atoms with Gasteiger partial charge in [0.05, 0.1) is 5.48 Å². The molecule has 0 saturated heterocycles. The molecule has 0 heterocycles. The van der Waals surface area contributed by atoms with E-state index in [0.717, 1.165) is 0 Å². The average molecular weight is 70.1 g/mol. The molecule has 0 amide bonds. The van der Waals surface area contributed by atoms with Gasteiger partial charge < -0.3 is 0 Å². The summed E-state index contributed by atoms with van der Waals surface area (Å²) in [7, 11) is 0. The molecule has 5 heavy (non-hydrogen) atoms. The smallest absolute Gasteiger partial charge is 0.0619 e. The first-order valence-corrected chi connectivity index (χ1v) is 1.25. The lowest BCUT2D eigenvalue weighted by Gasteiger charge is -1.56. The van der Waals surface area contributed by atoms with Gasteiger partial charge in [0.1, 0.15) is 0 Å². The van der Waals surface area contributed by atoms with Gasteiger partial charge in [-0.15, -0.1) is 0 Å². The van der Waals surface area contributed by atoms with Gasteiger partial charge in [0.25, 0.3) is 0 Å². The van der Waals surface area contributed by atoms with Crippen LogP contribution in [-0.2, 0) is 0 Å². The van der Waals surface area contributed by atoms with E-state index in [1.165, 1.54) is 0 Å². The number of allylic oxidation sites excluding steroid dienone is 4. The third-order valence-electron chi connectivity index (χ3n) is 0.312. The lowest BCUT2D eigenvalue weighted by Crippen LogP contribution is -1.39. The van der Waals surface area contributed by atoms with E-state index < -0.39 is 0 Å². The number of rotatable bonds is 0. The van der Waals surface area contributed by atoms with Crippen LogP contribution in [0.3, 0.4) is 0 Å². The fourth-order valence-corrected chi connectivity index (χ4v) is 0.156. The van der Waals surface area contributed by atoms with E-state index in [1.807, 2.05) is 0 Å². The predicted molar refractivity (Wildman–Crippen MR) is 22.6 cm³/mol. The summed E-state index contributed by atoms with van der Waals surface area (Å²) in [6, 6.07) is -1.30. The summed E-state index contributed by atoms with van der Waals surface area (Å²) in [6.07, 6.45) is -0.324. The molecule has 0 atom stereocenters. The molecule has 1 radical (unpaired) electrons. The van der Waals surface area contributed by atoms with E-state index in [-0.39, 0.29) is 30.6 Å². The van der Waals surface area contributed by atoms with Crippen LogP contribution in [0.1, 0.15) is 6.85 Å². The molecule has 0 nitrogen and oxygen atoms in total. The Balaban J connectivity index is 3.09. The van der Waals surface area contributed by atoms with Gasteiger partial charge in [-0.3, -0.25) is 0 Å². The second-order valence-corrected chi connectivity index (χ2v) is 0.625. The van der Waals surface area contributed by atoms with Gasteiger partial charge in [-0.25, -0.2) is 0 Å². The molecule has 1 aliphatic carbocycles. The first-order chi connectivity index (χ1) is 4.55. The Kier molecular flexibility index (Phi) is 0.129. The zero-order valence-electron chi connectivity index (χ0n) is 7.50. The van der Waals surface area contributed by atoms with E-state index in [1.54, 1.807) is 0 Å². The Bertz CT molecular complexity index is 202. The molecule has 1 rings (SSSR count). The average Bonchev–Trinajstić information content (AvgIpc) is 2.07. The maximum absolute atomic E-state index is 6.99. The molecule has 0 saturated carbocycles. The molecule has 0 fully saturated rings. The van der Waals surface area contributed by atoms with E-state index in [2.05, 4.69) is 0 Å². The van der Waals surface area contributed by atoms with Crippen LogP contribution >= 0.6 is 0 Å². The second-order valence-electron chi connectivity index (χ2n) is 0.625. The Hall–Kier alpha value is -0.520. The summed E-state index contributed by atoms with van der Waals surface area (Å²) in [4.78, 5) is 0. The number of hydrogen-bond acceptors (Lipinski definition) is 0. The Morgan fingerprint density at radius 3 is 1.80 bits per heavy atom. The largest absolute Gasteiger partial charge is 0.0767 e. The SMILES string of the molecule is [2H][C]1C([2H])=C([2H])C([2H])=C1[2H]. The zero-order chi connectivity index (χ0) is 7.89. The topological polar surface area (TPSA) is 0 Å². The van der Waals surface area contributed by atoms with Crippen LogP contribution in [0.25, 0.3) is 0 Å². The van der Waals surface area contributed by atoms with Gasteiger partial charge in [-0.05, 0) is 0 Å². The monoisotopic (exact) mass is 70.1 g/mol. The van der Waals surface area contributed by atoms with Gasteiger partial charge >= 0.3 is 0 Å². The van der Waals surface area contributed by atoms with Crippen LogP contribution in [0.2, 0.25) is 0 Å². The molecule has 0 aliphatic heterocycles. The minimum Gasteiger partial charge on any atom is -0.0767 e. The standard InChI is InChI=1S/C5H5/c1-2-4-5-3-1/h1-5H/i1D,2D,3D,4D,5D. The lowest BCUT2D eigenvalue weighted by molar-refractivity contribution is 1.87. The highest BCUT2D eigenvalue weighted by molar-refractivity contribution is 5.23. The maximum Gasteiger partial charge on any atom is 0.0619 e. The lowest BCUT2D eigenvalue weighted by atomic mass is 10.5. The predicted octanol–water partition coefficient (Wildman–Crippen LogP) is 1.32. The third kappa shape index (κ3) is 0.380. The third-order valence-corrected chi connectivity index (χ3v) is 0.312. The van der Waals surface area contributed by atoms with Gasteiger partial charge in [0, 0.05) is 7.77 Å². The van der Waals surface area contributed by atoms with Crippen molar-refractivity contribution in [1.82, 2.24) is 0 Å². The highest BCUT2D eigenvalue weighted by Gasteiger charge is 1.72. The van der Waals surface area contributed by atoms with Crippen molar-refractivity contribution in [1.29, 1.82) is 0 Å². The van der Waals surface area contributed by atoms with Crippen LogP contribution in [0, 0.1) is 6.40 Å². The van der Waals surface area contributed by atoms with Crippen molar-refractivity contribution in [2.75, 3.05) is 0 Å². The minimum atomic E-state index is -0.324. The van der Waals surface area contributed by atoms with Crippen LogP contribution in [0.15, 0.2) is 24.2 Å². The highest BCUT2D eigenvalue weighted by Crippen LogP contribution is 1.91. The van der Waals surface area contributed by atoms with Gasteiger partial charge in [-0.2, -0.15) is 0 Å². The second kappa shape index (κ2) is 1.07. The minimum absolute atomic E-state index is 0.324. The Morgan fingerprint density at radius 2 is 1.60 bits per heavy atom. The molecule has 0 aromatic rings. The first kappa shape index (κ1) is 0.604. The fourth-order valence-electron chi connectivity index (χ4n) is 0.156. The van der Waals surface area contributed by atoms with Crippen molar-refractivity contribution in [2.45, 2.75) is 0 Å². The van der Waals surface area contributed by atoms with E-state index >= 15 is 0 Å². The normalized spacial score (nSPS) is 43.6. The van der Waals surface area contributed by atoms with E-state index in [4.69, 9.17) is 6.85 Å².